The number of hydrogen-bond acceptors (Lipinski definition) is 6. The largest absolute Gasteiger partial charge is 0.497 e. The number of nitrogens with one attached hydrogen (secondary N) is 1. The standard InChI is InChI=1S/C19H22F3N3O4S/c1-12(2)11-23-17(26)8-9-30(27,28)18-24-15(10-16(25-18)19(20,21)22)13-4-6-14(29-3)7-5-13/h4-7,10,12H,8-9,11H2,1-3H3,(H,23,26). The monoisotopic (exact) mass is 445 g/mol. The summed E-state index contributed by atoms with van der Waals surface area (Å²) in [5, 5.41) is 1.58. The van der Waals surface area contributed by atoms with Crippen molar-refractivity contribution in [3.63, 3.8) is 0 Å². The molecule has 1 amide bonds. The number of carbonyl (C=O) groups is 1. The van der Waals surface area contributed by atoms with Gasteiger partial charge < -0.3 is 10.1 Å². The molecule has 0 fully saturated rings. The molecule has 0 saturated heterocycles. The lowest BCUT2D eigenvalue weighted by molar-refractivity contribution is -0.141. The van der Waals surface area contributed by atoms with E-state index >= 15 is 0 Å². The molecule has 0 aliphatic carbocycles. The maximum Gasteiger partial charge on any atom is 0.433 e. The van der Waals surface area contributed by atoms with Gasteiger partial charge in [0.15, 0.2) is 0 Å². The van der Waals surface area contributed by atoms with Crippen molar-refractivity contribution in [2.75, 3.05) is 19.4 Å². The molecular weight excluding hydrogens is 423 g/mol. The van der Waals surface area contributed by atoms with Gasteiger partial charge in [0.25, 0.3) is 0 Å². The van der Waals surface area contributed by atoms with Crippen LogP contribution in [0.15, 0.2) is 35.5 Å². The minimum atomic E-state index is -4.87. The Morgan fingerprint density at radius 3 is 2.33 bits per heavy atom. The Morgan fingerprint density at radius 1 is 1.17 bits per heavy atom. The summed E-state index contributed by atoms with van der Waals surface area (Å²) in [5.41, 5.74) is -1.33. The van der Waals surface area contributed by atoms with Crippen molar-refractivity contribution in [1.82, 2.24) is 15.3 Å². The second-order valence-electron chi connectivity index (χ2n) is 6.91. The zero-order chi connectivity index (χ0) is 22.5. The third kappa shape index (κ3) is 6.41. The summed E-state index contributed by atoms with van der Waals surface area (Å²) < 4.78 is 70.0. The minimum absolute atomic E-state index is 0.171. The smallest absolute Gasteiger partial charge is 0.433 e. The lowest BCUT2D eigenvalue weighted by Gasteiger charge is -2.12. The fraction of sp³-hybridized carbons (Fsp3) is 0.421. The Balaban J connectivity index is 2.36. The van der Waals surface area contributed by atoms with Gasteiger partial charge >= 0.3 is 6.18 Å². The number of halogens is 3. The first-order valence-electron chi connectivity index (χ1n) is 9.02. The molecule has 164 valence electrons. The van der Waals surface area contributed by atoms with Crippen LogP contribution in [0.4, 0.5) is 13.2 Å². The molecule has 2 aromatic rings. The molecular formula is C19H22F3N3O4S. The number of hydrogen-bond donors (Lipinski definition) is 1. The number of nitrogens with zero attached hydrogens (tertiary/aromatic N) is 2. The molecule has 0 spiro atoms. The molecule has 0 atom stereocenters. The van der Waals surface area contributed by atoms with Crippen LogP contribution in [0.1, 0.15) is 26.0 Å². The van der Waals surface area contributed by atoms with Crippen LogP contribution in [0.2, 0.25) is 0 Å². The van der Waals surface area contributed by atoms with Crippen molar-refractivity contribution < 1.29 is 31.1 Å². The second kappa shape index (κ2) is 9.41. The van der Waals surface area contributed by atoms with E-state index in [-0.39, 0.29) is 17.2 Å². The first-order chi connectivity index (χ1) is 13.9. The Morgan fingerprint density at radius 2 is 1.80 bits per heavy atom. The van der Waals surface area contributed by atoms with E-state index in [1.54, 1.807) is 0 Å². The van der Waals surface area contributed by atoms with Crippen LogP contribution in [-0.2, 0) is 20.8 Å². The van der Waals surface area contributed by atoms with Gasteiger partial charge in [-0.3, -0.25) is 4.79 Å². The molecule has 0 aliphatic heterocycles. The number of amides is 1. The molecule has 11 heteroatoms. The van der Waals surface area contributed by atoms with E-state index in [0.29, 0.717) is 18.4 Å². The number of methoxy groups -OCH3 is 1. The van der Waals surface area contributed by atoms with E-state index in [0.717, 1.165) is 0 Å². The summed E-state index contributed by atoms with van der Waals surface area (Å²) in [5.74, 6) is -0.580. The summed E-state index contributed by atoms with van der Waals surface area (Å²) in [6, 6.07) is 6.61. The Bertz CT molecular complexity index is 991. The van der Waals surface area contributed by atoms with Crippen molar-refractivity contribution in [2.24, 2.45) is 5.92 Å². The zero-order valence-electron chi connectivity index (χ0n) is 16.7. The van der Waals surface area contributed by atoms with E-state index in [4.69, 9.17) is 4.74 Å². The Kier molecular flexibility index (Phi) is 7.40. The highest BCUT2D eigenvalue weighted by molar-refractivity contribution is 7.91. The molecule has 1 aromatic heterocycles. The molecule has 0 radical (unpaired) electrons. The second-order valence-corrected chi connectivity index (χ2v) is 8.92. The molecule has 30 heavy (non-hydrogen) atoms. The average Bonchev–Trinajstić information content (AvgIpc) is 2.69. The van der Waals surface area contributed by atoms with Gasteiger partial charge in [-0.25, -0.2) is 18.4 Å². The van der Waals surface area contributed by atoms with E-state index < -0.39 is 44.9 Å². The van der Waals surface area contributed by atoms with Crippen LogP contribution in [-0.4, -0.2) is 43.7 Å². The normalized spacial score (nSPS) is 12.1. The van der Waals surface area contributed by atoms with Crippen molar-refractivity contribution in [1.29, 1.82) is 0 Å². The minimum Gasteiger partial charge on any atom is -0.497 e. The highest BCUT2D eigenvalue weighted by atomic mass is 32.2. The molecule has 2 rings (SSSR count). The van der Waals surface area contributed by atoms with Gasteiger partial charge in [-0.05, 0) is 36.2 Å². The maximum absolute atomic E-state index is 13.3. The molecule has 0 bridgehead atoms. The quantitative estimate of drug-likeness (QED) is 0.627. The molecule has 1 heterocycles. The number of carbonyl (C=O) groups excluding carboxylic acids is 1. The van der Waals surface area contributed by atoms with E-state index in [9.17, 15) is 26.4 Å². The molecule has 1 aromatic carbocycles. The summed E-state index contributed by atoms with van der Waals surface area (Å²) in [7, 11) is -2.89. The predicted octanol–water partition coefficient (Wildman–Crippen LogP) is 3.11. The number of rotatable bonds is 8. The summed E-state index contributed by atoms with van der Waals surface area (Å²) >= 11 is 0. The third-order valence-corrected chi connectivity index (χ3v) is 5.45. The van der Waals surface area contributed by atoms with Crippen molar-refractivity contribution in [3.8, 4) is 17.0 Å². The SMILES string of the molecule is COc1ccc(-c2cc(C(F)(F)F)nc(S(=O)(=O)CCC(=O)NCC(C)C)n2)cc1. The fourth-order valence-electron chi connectivity index (χ4n) is 2.34. The van der Waals surface area contributed by atoms with Crippen molar-refractivity contribution in [3.05, 3.63) is 36.0 Å². The van der Waals surface area contributed by atoms with E-state index in [1.807, 2.05) is 13.8 Å². The van der Waals surface area contributed by atoms with Gasteiger partial charge in [-0.1, -0.05) is 13.8 Å². The maximum atomic E-state index is 13.3. The van der Waals surface area contributed by atoms with Gasteiger partial charge in [-0.15, -0.1) is 0 Å². The van der Waals surface area contributed by atoms with Crippen LogP contribution >= 0.6 is 0 Å². The number of ether oxygens (including phenoxy) is 1. The van der Waals surface area contributed by atoms with Crippen LogP contribution in [0.25, 0.3) is 11.3 Å². The van der Waals surface area contributed by atoms with Crippen molar-refractivity contribution in [2.45, 2.75) is 31.6 Å². The first-order valence-corrected chi connectivity index (χ1v) is 10.7. The summed E-state index contributed by atoms with van der Waals surface area (Å²) in [6.45, 7) is 4.10. The van der Waals surface area contributed by atoms with Gasteiger partial charge in [-0.2, -0.15) is 13.2 Å². The van der Waals surface area contributed by atoms with Gasteiger partial charge in [0.05, 0.1) is 18.6 Å². The van der Waals surface area contributed by atoms with E-state index in [1.165, 1.54) is 31.4 Å². The average molecular weight is 445 g/mol. The summed E-state index contributed by atoms with van der Waals surface area (Å²) in [6.07, 6.45) is -5.28. The number of benzene rings is 1. The lowest BCUT2D eigenvalue weighted by atomic mass is 10.1. The highest BCUT2D eigenvalue weighted by Gasteiger charge is 2.35. The van der Waals surface area contributed by atoms with E-state index in [2.05, 4.69) is 15.3 Å². The number of alkyl halides is 3. The van der Waals surface area contributed by atoms with Crippen LogP contribution < -0.4 is 10.1 Å². The number of sulfone groups is 1. The molecule has 0 unspecified atom stereocenters. The zero-order valence-corrected chi connectivity index (χ0v) is 17.5. The van der Waals surface area contributed by atoms with Crippen LogP contribution in [0.3, 0.4) is 0 Å². The molecule has 0 saturated carbocycles. The van der Waals surface area contributed by atoms with Crippen LogP contribution in [0, 0.1) is 5.92 Å². The number of aromatic nitrogens is 2. The Labute approximate surface area is 172 Å². The topological polar surface area (TPSA) is 98.2 Å². The van der Waals surface area contributed by atoms with Crippen LogP contribution in [0.5, 0.6) is 5.75 Å². The highest BCUT2D eigenvalue weighted by Crippen LogP contribution is 2.31. The van der Waals surface area contributed by atoms with Gasteiger partial charge in [0, 0.05) is 18.5 Å². The molecule has 1 N–H and O–H groups in total. The summed E-state index contributed by atoms with van der Waals surface area (Å²) in [4.78, 5) is 18.8. The lowest BCUT2D eigenvalue weighted by Crippen LogP contribution is -2.29. The molecule has 7 nitrogen and oxygen atoms in total. The predicted molar refractivity (Wildman–Crippen MR) is 104 cm³/mol. The third-order valence-electron chi connectivity index (χ3n) is 3.97. The first kappa shape index (κ1) is 23.6. The van der Waals surface area contributed by atoms with Gasteiger partial charge in [0.2, 0.25) is 20.9 Å². The fourth-order valence-corrected chi connectivity index (χ4v) is 3.46. The van der Waals surface area contributed by atoms with Crippen molar-refractivity contribution >= 4 is 15.7 Å². The Hall–Kier alpha value is -2.69. The van der Waals surface area contributed by atoms with Gasteiger partial charge in [0.1, 0.15) is 11.4 Å². The molecule has 0 aliphatic rings.